The molecule has 1 aromatic rings. The lowest BCUT2D eigenvalue weighted by molar-refractivity contribution is 0.325. The monoisotopic (exact) mass is 285 g/mol. The molecule has 0 spiro atoms. The largest absolute Gasteiger partial charge is 0.458 e. The fourth-order valence-electron chi connectivity index (χ4n) is 1.04. The van der Waals surface area contributed by atoms with Gasteiger partial charge in [0.15, 0.2) is 0 Å². The molecule has 0 atom stereocenters. The van der Waals surface area contributed by atoms with E-state index in [1.165, 1.54) is 0 Å². The number of nitrogens with zero attached hydrogens (tertiary/aromatic N) is 3. The highest BCUT2D eigenvalue weighted by Gasteiger charge is 2.04. The van der Waals surface area contributed by atoms with Gasteiger partial charge >= 0.3 is 6.01 Å². The van der Waals surface area contributed by atoms with E-state index >= 15 is 0 Å². The van der Waals surface area contributed by atoms with Gasteiger partial charge in [-0.1, -0.05) is 30.4 Å². The maximum Gasteiger partial charge on any atom is 0.322 e. The summed E-state index contributed by atoms with van der Waals surface area (Å²) >= 11 is 11.3. The molecule has 0 saturated carbocycles. The van der Waals surface area contributed by atoms with Gasteiger partial charge in [0.1, 0.15) is 6.61 Å². The van der Waals surface area contributed by atoms with Crippen LogP contribution in [0.4, 0.5) is 0 Å². The van der Waals surface area contributed by atoms with Crippen molar-refractivity contribution in [3.05, 3.63) is 46.5 Å². The van der Waals surface area contributed by atoms with Crippen LogP contribution in [0.1, 0.15) is 13.8 Å². The first kappa shape index (κ1) is 14.7. The van der Waals surface area contributed by atoms with Crippen molar-refractivity contribution in [2.24, 2.45) is 0 Å². The zero-order chi connectivity index (χ0) is 13.4. The van der Waals surface area contributed by atoms with E-state index in [4.69, 9.17) is 27.9 Å². The third-order valence-corrected chi connectivity index (χ3v) is 2.25. The Bertz CT molecular complexity index is 464. The Kier molecular flexibility index (Phi) is 6.39. The maximum absolute atomic E-state index is 5.64. The smallest absolute Gasteiger partial charge is 0.322 e. The lowest BCUT2D eigenvalue weighted by Crippen LogP contribution is -2.04. The Labute approximate surface area is 116 Å². The molecule has 0 N–H and O–H groups in total. The van der Waals surface area contributed by atoms with E-state index in [0.717, 1.165) is 5.57 Å². The fraction of sp³-hybridized carbons (Fsp3) is 0.250. The summed E-state index contributed by atoms with van der Waals surface area (Å²) in [7, 11) is 0. The summed E-state index contributed by atoms with van der Waals surface area (Å²) in [6.07, 6.45) is 9.66. The van der Waals surface area contributed by atoms with E-state index < -0.39 is 0 Å². The van der Waals surface area contributed by atoms with Crippen molar-refractivity contribution in [2.75, 3.05) is 6.61 Å². The highest BCUT2D eigenvalue weighted by molar-refractivity contribution is 6.31. The van der Waals surface area contributed by atoms with Gasteiger partial charge in [-0.3, -0.25) is 0 Å². The molecule has 0 fully saturated rings. The molecule has 0 aliphatic carbocycles. The Hall–Kier alpha value is -1.39. The number of rotatable bonds is 5. The molecule has 0 aromatic carbocycles. The lowest BCUT2D eigenvalue weighted by Gasteiger charge is -2.04. The van der Waals surface area contributed by atoms with Crippen molar-refractivity contribution < 1.29 is 4.74 Å². The molecule has 0 amide bonds. The molecule has 0 saturated heterocycles. The van der Waals surface area contributed by atoms with Gasteiger partial charge < -0.3 is 4.74 Å². The van der Waals surface area contributed by atoms with E-state index in [1.807, 2.05) is 44.2 Å². The van der Waals surface area contributed by atoms with Crippen LogP contribution < -0.4 is 4.74 Å². The van der Waals surface area contributed by atoms with Crippen molar-refractivity contribution in [2.45, 2.75) is 13.8 Å². The van der Waals surface area contributed by atoms with Crippen LogP contribution in [0.2, 0.25) is 10.6 Å². The summed E-state index contributed by atoms with van der Waals surface area (Å²) in [5.74, 6) is 0. The predicted molar refractivity (Wildman–Crippen MR) is 73.1 cm³/mol. The zero-order valence-electron chi connectivity index (χ0n) is 10.1. The van der Waals surface area contributed by atoms with Gasteiger partial charge in [-0.25, -0.2) is 0 Å². The molecule has 0 radical (unpaired) electrons. The van der Waals surface area contributed by atoms with E-state index in [1.54, 1.807) is 0 Å². The highest BCUT2D eigenvalue weighted by atomic mass is 35.5. The van der Waals surface area contributed by atoms with Crippen LogP contribution in [-0.4, -0.2) is 21.6 Å². The van der Waals surface area contributed by atoms with Gasteiger partial charge in [0.2, 0.25) is 10.6 Å². The summed E-state index contributed by atoms with van der Waals surface area (Å²) < 4.78 is 5.38. The summed E-state index contributed by atoms with van der Waals surface area (Å²) in [6.45, 7) is 4.21. The van der Waals surface area contributed by atoms with Crippen LogP contribution in [0.5, 0.6) is 6.01 Å². The molecule has 0 bridgehead atoms. The molecule has 1 rings (SSSR count). The lowest BCUT2D eigenvalue weighted by atomic mass is 10.2. The third-order valence-electron chi connectivity index (χ3n) is 1.91. The van der Waals surface area contributed by atoms with Gasteiger partial charge in [0, 0.05) is 0 Å². The second-order valence-corrected chi connectivity index (χ2v) is 3.87. The molecule has 96 valence electrons. The summed E-state index contributed by atoms with van der Waals surface area (Å²) in [5.41, 5.74) is 0.987. The van der Waals surface area contributed by atoms with E-state index in [9.17, 15) is 0 Å². The zero-order valence-corrected chi connectivity index (χ0v) is 11.6. The Morgan fingerprint density at radius 3 is 2.33 bits per heavy atom. The van der Waals surface area contributed by atoms with Crippen LogP contribution in [0.15, 0.2) is 36.0 Å². The van der Waals surface area contributed by atoms with Crippen LogP contribution in [0, 0.1) is 0 Å². The van der Waals surface area contributed by atoms with Gasteiger partial charge in [0.05, 0.1) is 0 Å². The average molecular weight is 286 g/mol. The van der Waals surface area contributed by atoms with Gasteiger partial charge in [-0.15, -0.1) is 0 Å². The molecule has 0 aliphatic rings. The number of halogens is 2. The minimum absolute atomic E-state index is 0.0106. The number of hydrogen-bond acceptors (Lipinski definition) is 4. The second kappa shape index (κ2) is 7.84. The van der Waals surface area contributed by atoms with Gasteiger partial charge in [-0.05, 0) is 42.6 Å². The van der Waals surface area contributed by atoms with Crippen LogP contribution in [-0.2, 0) is 0 Å². The Balaban J connectivity index is 2.63. The molecule has 1 heterocycles. The number of ether oxygens (including phenoxy) is 1. The number of allylic oxidation sites excluding steroid dienone is 4. The van der Waals surface area contributed by atoms with Crippen LogP contribution >= 0.6 is 23.2 Å². The highest BCUT2D eigenvalue weighted by Crippen LogP contribution is 2.12. The molecule has 0 unspecified atom stereocenters. The van der Waals surface area contributed by atoms with E-state index in [0.29, 0.717) is 6.61 Å². The Morgan fingerprint density at radius 2 is 1.78 bits per heavy atom. The molecule has 1 aromatic heterocycles. The maximum atomic E-state index is 5.64. The Morgan fingerprint density at radius 1 is 1.11 bits per heavy atom. The molecule has 4 nitrogen and oxygen atoms in total. The first-order valence-electron chi connectivity index (χ1n) is 5.30. The number of aromatic nitrogens is 3. The van der Waals surface area contributed by atoms with Crippen molar-refractivity contribution in [3.8, 4) is 6.01 Å². The van der Waals surface area contributed by atoms with Gasteiger partial charge in [-0.2, -0.15) is 15.0 Å². The minimum atomic E-state index is 0.0106. The SMILES string of the molecule is CC=C(/C=C\C=C/C)COc1nc(Cl)nc(Cl)n1. The van der Waals surface area contributed by atoms with E-state index in [-0.39, 0.29) is 16.6 Å². The number of hydrogen-bond donors (Lipinski definition) is 0. The topological polar surface area (TPSA) is 47.9 Å². The minimum Gasteiger partial charge on any atom is -0.458 e. The fourth-order valence-corrected chi connectivity index (χ4v) is 1.39. The van der Waals surface area contributed by atoms with Crippen molar-refractivity contribution in [3.63, 3.8) is 0 Å². The predicted octanol–water partition coefficient (Wildman–Crippen LogP) is 3.64. The summed E-state index contributed by atoms with van der Waals surface area (Å²) in [6, 6.07) is 0.110. The molecule has 6 heteroatoms. The van der Waals surface area contributed by atoms with Crippen molar-refractivity contribution in [1.82, 2.24) is 15.0 Å². The van der Waals surface area contributed by atoms with Gasteiger partial charge in [0.25, 0.3) is 0 Å². The third kappa shape index (κ3) is 5.29. The molecular formula is C12H13Cl2N3O. The normalized spacial score (nSPS) is 12.6. The quantitative estimate of drug-likeness (QED) is 0.775. The first-order chi connectivity index (χ1) is 8.65. The van der Waals surface area contributed by atoms with Crippen molar-refractivity contribution >= 4 is 23.2 Å². The van der Waals surface area contributed by atoms with Crippen LogP contribution in [0.25, 0.3) is 0 Å². The average Bonchev–Trinajstić information content (AvgIpc) is 2.32. The van der Waals surface area contributed by atoms with Crippen LogP contribution in [0.3, 0.4) is 0 Å². The molecule has 18 heavy (non-hydrogen) atoms. The first-order valence-corrected chi connectivity index (χ1v) is 6.05. The van der Waals surface area contributed by atoms with Crippen molar-refractivity contribution in [1.29, 1.82) is 0 Å². The molecular weight excluding hydrogens is 273 g/mol. The molecule has 0 aliphatic heterocycles. The standard InChI is InChI=1S/C12H13Cl2N3O/c1-3-5-6-7-9(4-2)8-18-12-16-10(13)15-11(14)17-12/h3-7H,8H2,1-2H3/b5-3-,7-6-,9-4?. The summed E-state index contributed by atoms with van der Waals surface area (Å²) in [4.78, 5) is 11.2. The van der Waals surface area contributed by atoms with E-state index in [2.05, 4.69) is 15.0 Å². The second-order valence-electron chi connectivity index (χ2n) is 3.19. The summed E-state index contributed by atoms with van der Waals surface area (Å²) in [5, 5.41) is 0.0213.